The zero-order valence-corrected chi connectivity index (χ0v) is 17.5. The Hall–Kier alpha value is -1.79. The number of rotatable bonds is 4. The van der Waals surface area contributed by atoms with Crippen molar-refractivity contribution in [3.05, 3.63) is 29.3 Å². The van der Waals surface area contributed by atoms with E-state index >= 15 is 0 Å². The highest BCUT2D eigenvalue weighted by atomic mass is 35.5. The van der Waals surface area contributed by atoms with Crippen LogP contribution in [0.4, 0.5) is 10.5 Å². The first-order chi connectivity index (χ1) is 13.6. The Kier molecular flexibility index (Phi) is 7.57. The smallest absolute Gasteiger partial charge is 0.321 e. The normalized spacial score (nSPS) is 21.3. The van der Waals surface area contributed by atoms with Crippen molar-refractivity contribution in [2.75, 3.05) is 44.6 Å². The summed E-state index contributed by atoms with van der Waals surface area (Å²) in [5, 5.41) is 3.49. The van der Waals surface area contributed by atoms with Crippen LogP contribution in [-0.2, 0) is 4.79 Å². The lowest BCUT2D eigenvalue weighted by atomic mass is 10.0. The third kappa shape index (κ3) is 5.39. The number of halogens is 1. The van der Waals surface area contributed by atoms with E-state index in [1.807, 2.05) is 17.0 Å². The quantitative estimate of drug-likeness (QED) is 0.829. The molecule has 1 N–H and O–H groups in total. The van der Waals surface area contributed by atoms with Crippen molar-refractivity contribution < 1.29 is 9.59 Å². The Morgan fingerprint density at radius 1 is 1.07 bits per heavy atom. The number of nitrogens with one attached hydrogen (secondary N) is 1. The lowest BCUT2D eigenvalue weighted by Crippen LogP contribution is -2.52. The maximum absolute atomic E-state index is 13.1. The molecule has 0 spiro atoms. The van der Waals surface area contributed by atoms with E-state index in [0.29, 0.717) is 30.3 Å². The Bertz CT molecular complexity index is 682. The average molecular weight is 407 g/mol. The summed E-state index contributed by atoms with van der Waals surface area (Å²) in [4.78, 5) is 31.9. The van der Waals surface area contributed by atoms with E-state index < -0.39 is 0 Å². The van der Waals surface area contributed by atoms with Crippen LogP contribution in [0.25, 0.3) is 0 Å². The molecule has 0 aromatic heterocycles. The summed E-state index contributed by atoms with van der Waals surface area (Å²) in [6.45, 7) is 6.69. The molecule has 3 amide bonds. The topological polar surface area (TPSA) is 55.9 Å². The van der Waals surface area contributed by atoms with Gasteiger partial charge in [0.25, 0.3) is 0 Å². The van der Waals surface area contributed by atoms with Crippen molar-refractivity contribution in [3.8, 4) is 0 Å². The van der Waals surface area contributed by atoms with Gasteiger partial charge in [0.05, 0.1) is 6.04 Å². The molecule has 2 heterocycles. The zero-order valence-electron chi connectivity index (χ0n) is 16.7. The second-order valence-corrected chi connectivity index (χ2v) is 8.09. The van der Waals surface area contributed by atoms with Gasteiger partial charge in [-0.05, 0) is 57.0 Å². The first-order valence-electron chi connectivity index (χ1n) is 10.4. The number of likely N-dealkylation sites (tertiary alicyclic amines) is 1. The SMILES string of the molecule is CCCN1CCCCC1C(=O)N1CCCN(C(=O)Nc2cccc(Cl)c2)CC1. The second-order valence-electron chi connectivity index (χ2n) is 7.65. The van der Waals surface area contributed by atoms with Gasteiger partial charge in [-0.2, -0.15) is 0 Å². The third-order valence-electron chi connectivity index (χ3n) is 5.58. The van der Waals surface area contributed by atoms with Crippen LogP contribution in [-0.4, -0.2) is 71.9 Å². The number of benzene rings is 1. The van der Waals surface area contributed by atoms with Crippen molar-refractivity contribution >= 4 is 29.2 Å². The summed E-state index contributed by atoms with van der Waals surface area (Å²) in [7, 11) is 0. The standard InChI is InChI=1S/C21H31ClN4O2/c1-2-10-24-11-4-3-9-19(24)20(27)25-12-6-13-26(15-14-25)21(28)23-18-8-5-7-17(22)16-18/h5,7-8,16,19H,2-4,6,9-15H2,1H3,(H,23,28). The van der Waals surface area contributed by atoms with Gasteiger partial charge in [0.1, 0.15) is 0 Å². The van der Waals surface area contributed by atoms with E-state index in [1.54, 1.807) is 17.0 Å². The molecule has 28 heavy (non-hydrogen) atoms. The molecule has 2 aliphatic heterocycles. The fourth-order valence-corrected chi connectivity index (χ4v) is 4.34. The molecule has 154 valence electrons. The van der Waals surface area contributed by atoms with Crippen LogP contribution in [0.2, 0.25) is 5.02 Å². The Labute approximate surface area is 172 Å². The first-order valence-corrected chi connectivity index (χ1v) is 10.8. The number of urea groups is 1. The molecule has 0 aliphatic carbocycles. The maximum atomic E-state index is 13.1. The predicted molar refractivity (Wildman–Crippen MR) is 113 cm³/mol. The van der Waals surface area contributed by atoms with E-state index in [2.05, 4.69) is 17.1 Å². The van der Waals surface area contributed by atoms with Gasteiger partial charge in [-0.1, -0.05) is 31.0 Å². The lowest BCUT2D eigenvalue weighted by molar-refractivity contribution is -0.138. The fourth-order valence-electron chi connectivity index (χ4n) is 4.15. The fraction of sp³-hybridized carbons (Fsp3) is 0.619. The average Bonchev–Trinajstić information content (AvgIpc) is 2.94. The third-order valence-corrected chi connectivity index (χ3v) is 5.82. The minimum Gasteiger partial charge on any atom is -0.339 e. The molecule has 2 aliphatic rings. The van der Waals surface area contributed by atoms with Crippen molar-refractivity contribution in [1.29, 1.82) is 0 Å². The monoisotopic (exact) mass is 406 g/mol. The summed E-state index contributed by atoms with van der Waals surface area (Å²) in [5.74, 6) is 0.241. The number of carbonyl (C=O) groups excluding carboxylic acids is 2. The molecule has 7 heteroatoms. The summed E-state index contributed by atoms with van der Waals surface area (Å²) >= 11 is 5.99. The van der Waals surface area contributed by atoms with Gasteiger partial charge in [0.15, 0.2) is 0 Å². The molecule has 1 aromatic carbocycles. The van der Waals surface area contributed by atoms with Gasteiger partial charge in [-0.3, -0.25) is 9.69 Å². The number of piperidine rings is 1. The molecular formula is C21H31ClN4O2. The van der Waals surface area contributed by atoms with E-state index in [4.69, 9.17) is 11.6 Å². The van der Waals surface area contributed by atoms with E-state index in [1.165, 1.54) is 6.42 Å². The number of hydrogen-bond donors (Lipinski definition) is 1. The number of hydrogen-bond acceptors (Lipinski definition) is 3. The van der Waals surface area contributed by atoms with E-state index in [9.17, 15) is 9.59 Å². The molecule has 1 unspecified atom stereocenters. The molecule has 3 rings (SSSR count). The minimum atomic E-state index is -0.137. The molecule has 6 nitrogen and oxygen atoms in total. The Morgan fingerprint density at radius 3 is 2.64 bits per heavy atom. The molecular weight excluding hydrogens is 376 g/mol. The number of nitrogens with zero attached hydrogens (tertiary/aromatic N) is 3. The van der Waals surface area contributed by atoms with Gasteiger partial charge in [0, 0.05) is 36.9 Å². The van der Waals surface area contributed by atoms with Gasteiger partial charge in [-0.25, -0.2) is 4.79 Å². The predicted octanol–water partition coefficient (Wildman–Crippen LogP) is 3.67. The molecule has 1 aromatic rings. The summed E-state index contributed by atoms with van der Waals surface area (Å²) in [5.41, 5.74) is 0.687. The molecule has 1 atom stereocenters. The van der Waals surface area contributed by atoms with Gasteiger partial charge >= 0.3 is 6.03 Å². The molecule has 0 radical (unpaired) electrons. The number of carbonyl (C=O) groups is 2. The van der Waals surface area contributed by atoms with Crippen molar-refractivity contribution in [3.63, 3.8) is 0 Å². The molecule has 2 saturated heterocycles. The summed E-state index contributed by atoms with van der Waals surface area (Å²) in [6.07, 6.45) is 5.13. The lowest BCUT2D eigenvalue weighted by Gasteiger charge is -2.37. The minimum absolute atomic E-state index is 0.0144. The zero-order chi connectivity index (χ0) is 19.9. The molecule has 2 fully saturated rings. The summed E-state index contributed by atoms with van der Waals surface area (Å²) < 4.78 is 0. The maximum Gasteiger partial charge on any atom is 0.321 e. The van der Waals surface area contributed by atoms with Crippen molar-refractivity contribution in [2.45, 2.75) is 45.1 Å². The van der Waals surface area contributed by atoms with E-state index in [-0.39, 0.29) is 18.0 Å². The van der Waals surface area contributed by atoms with Crippen LogP contribution in [0.5, 0.6) is 0 Å². The second kappa shape index (κ2) is 10.1. The first kappa shape index (κ1) is 20.9. The number of anilines is 1. The molecule has 0 saturated carbocycles. The highest BCUT2D eigenvalue weighted by Crippen LogP contribution is 2.20. The largest absolute Gasteiger partial charge is 0.339 e. The highest BCUT2D eigenvalue weighted by molar-refractivity contribution is 6.30. The van der Waals surface area contributed by atoms with Crippen molar-refractivity contribution in [1.82, 2.24) is 14.7 Å². The van der Waals surface area contributed by atoms with Gasteiger partial charge in [0.2, 0.25) is 5.91 Å². The van der Waals surface area contributed by atoms with Gasteiger partial charge < -0.3 is 15.1 Å². The molecule has 0 bridgehead atoms. The highest BCUT2D eigenvalue weighted by Gasteiger charge is 2.32. The Balaban J connectivity index is 1.56. The Morgan fingerprint density at radius 2 is 1.86 bits per heavy atom. The van der Waals surface area contributed by atoms with E-state index in [0.717, 1.165) is 45.3 Å². The van der Waals surface area contributed by atoms with Crippen LogP contribution >= 0.6 is 11.6 Å². The van der Waals surface area contributed by atoms with Gasteiger partial charge in [-0.15, -0.1) is 0 Å². The summed E-state index contributed by atoms with van der Waals surface area (Å²) in [6, 6.07) is 7.02. The van der Waals surface area contributed by atoms with Crippen LogP contribution in [0.15, 0.2) is 24.3 Å². The van der Waals surface area contributed by atoms with Crippen LogP contribution in [0, 0.1) is 0 Å². The van der Waals surface area contributed by atoms with Crippen LogP contribution in [0.1, 0.15) is 39.0 Å². The van der Waals surface area contributed by atoms with Crippen molar-refractivity contribution in [2.24, 2.45) is 0 Å². The van der Waals surface area contributed by atoms with Crippen LogP contribution < -0.4 is 5.32 Å². The number of amides is 3. The van der Waals surface area contributed by atoms with Crippen LogP contribution in [0.3, 0.4) is 0 Å².